The SMILES string of the molecule is CN1C(=O)c2ccc(Sc3cccc(N(C)C)c3)cc2C1=O. The number of hydrogen-bond donors (Lipinski definition) is 0. The van der Waals surface area contributed by atoms with E-state index in [4.69, 9.17) is 0 Å². The van der Waals surface area contributed by atoms with Gasteiger partial charge in [0.25, 0.3) is 11.8 Å². The zero-order chi connectivity index (χ0) is 15.9. The quantitative estimate of drug-likeness (QED) is 0.817. The van der Waals surface area contributed by atoms with Gasteiger partial charge in [-0.15, -0.1) is 0 Å². The van der Waals surface area contributed by atoms with Gasteiger partial charge < -0.3 is 4.90 Å². The molecule has 1 aliphatic rings. The molecule has 0 N–H and O–H groups in total. The van der Waals surface area contributed by atoms with Gasteiger partial charge in [-0.05, 0) is 36.4 Å². The average Bonchev–Trinajstić information content (AvgIpc) is 2.72. The minimum absolute atomic E-state index is 0.230. The van der Waals surface area contributed by atoms with Crippen LogP contribution in [-0.2, 0) is 0 Å². The van der Waals surface area contributed by atoms with Crippen molar-refractivity contribution in [3.8, 4) is 0 Å². The molecule has 0 saturated heterocycles. The number of benzene rings is 2. The molecule has 1 heterocycles. The molecular weight excluding hydrogens is 296 g/mol. The Morgan fingerprint density at radius 2 is 1.59 bits per heavy atom. The van der Waals surface area contributed by atoms with Gasteiger partial charge in [-0.1, -0.05) is 17.8 Å². The Kier molecular flexibility index (Phi) is 3.66. The molecule has 2 aromatic carbocycles. The lowest BCUT2D eigenvalue weighted by Crippen LogP contribution is -2.24. The van der Waals surface area contributed by atoms with E-state index in [0.29, 0.717) is 11.1 Å². The van der Waals surface area contributed by atoms with E-state index in [0.717, 1.165) is 20.4 Å². The minimum Gasteiger partial charge on any atom is -0.378 e. The van der Waals surface area contributed by atoms with Gasteiger partial charge in [0.2, 0.25) is 0 Å². The molecule has 1 aliphatic heterocycles. The van der Waals surface area contributed by atoms with Crippen LogP contribution >= 0.6 is 11.8 Å². The highest BCUT2D eigenvalue weighted by molar-refractivity contribution is 7.99. The molecule has 2 amide bonds. The fourth-order valence-corrected chi connectivity index (χ4v) is 3.28. The van der Waals surface area contributed by atoms with E-state index in [1.165, 1.54) is 7.05 Å². The number of amides is 2. The molecule has 5 heteroatoms. The van der Waals surface area contributed by atoms with E-state index >= 15 is 0 Å². The van der Waals surface area contributed by atoms with E-state index in [-0.39, 0.29) is 11.8 Å². The van der Waals surface area contributed by atoms with Crippen LogP contribution < -0.4 is 4.90 Å². The number of hydrogen-bond acceptors (Lipinski definition) is 4. The zero-order valence-electron chi connectivity index (χ0n) is 12.7. The van der Waals surface area contributed by atoms with Gasteiger partial charge in [0.05, 0.1) is 11.1 Å². The monoisotopic (exact) mass is 312 g/mol. The predicted octanol–water partition coefficient (Wildman–Crippen LogP) is 3.13. The second-order valence-electron chi connectivity index (χ2n) is 5.37. The fraction of sp³-hybridized carbons (Fsp3) is 0.176. The molecular formula is C17H16N2O2S. The van der Waals surface area contributed by atoms with E-state index in [2.05, 4.69) is 6.07 Å². The van der Waals surface area contributed by atoms with Crippen molar-refractivity contribution in [2.45, 2.75) is 9.79 Å². The molecule has 0 spiro atoms. The Morgan fingerprint density at radius 1 is 0.909 bits per heavy atom. The van der Waals surface area contributed by atoms with Crippen molar-refractivity contribution in [2.75, 3.05) is 26.0 Å². The Morgan fingerprint density at radius 3 is 2.32 bits per heavy atom. The van der Waals surface area contributed by atoms with Crippen LogP contribution in [0.5, 0.6) is 0 Å². The van der Waals surface area contributed by atoms with Crippen molar-refractivity contribution in [1.82, 2.24) is 4.90 Å². The second-order valence-corrected chi connectivity index (χ2v) is 6.52. The molecule has 4 nitrogen and oxygen atoms in total. The van der Waals surface area contributed by atoms with Crippen molar-refractivity contribution in [1.29, 1.82) is 0 Å². The molecule has 3 rings (SSSR count). The van der Waals surface area contributed by atoms with Crippen LogP contribution in [0.1, 0.15) is 20.7 Å². The van der Waals surface area contributed by atoms with Crippen LogP contribution in [0.4, 0.5) is 5.69 Å². The number of carbonyl (C=O) groups is 2. The summed E-state index contributed by atoms with van der Waals surface area (Å²) in [5, 5.41) is 0. The highest BCUT2D eigenvalue weighted by Crippen LogP contribution is 2.33. The van der Waals surface area contributed by atoms with Gasteiger partial charge >= 0.3 is 0 Å². The van der Waals surface area contributed by atoms with E-state index in [1.807, 2.05) is 43.3 Å². The molecule has 22 heavy (non-hydrogen) atoms. The summed E-state index contributed by atoms with van der Waals surface area (Å²) in [6.45, 7) is 0. The summed E-state index contributed by atoms with van der Waals surface area (Å²) in [6.07, 6.45) is 0. The average molecular weight is 312 g/mol. The van der Waals surface area contributed by atoms with Gasteiger partial charge in [0.1, 0.15) is 0 Å². The van der Waals surface area contributed by atoms with Gasteiger partial charge in [-0.3, -0.25) is 14.5 Å². The molecule has 0 radical (unpaired) electrons. The molecule has 0 unspecified atom stereocenters. The maximum Gasteiger partial charge on any atom is 0.261 e. The molecule has 0 saturated carbocycles. The number of fused-ring (bicyclic) bond motifs is 1. The first kappa shape index (κ1) is 14.7. The number of rotatable bonds is 3. The Hall–Kier alpha value is -2.27. The third-order valence-corrected chi connectivity index (χ3v) is 4.61. The molecule has 0 fully saturated rings. The van der Waals surface area contributed by atoms with Gasteiger partial charge in [-0.25, -0.2) is 0 Å². The number of carbonyl (C=O) groups excluding carboxylic acids is 2. The Bertz CT molecular complexity index is 771. The summed E-state index contributed by atoms with van der Waals surface area (Å²) < 4.78 is 0. The van der Waals surface area contributed by atoms with Crippen molar-refractivity contribution in [2.24, 2.45) is 0 Å². The summed E-state index contributed by atoms with van der Waals surface area (Å²) in [4.78, 5) is 29.2. The zero-order valence-corrected chi connectivity index (χ0v) is 13.5. The topological polar surface area (TPSA) is 40.6 Å². The summed E-state index contributed by atoms with van der Waals surface area (Å²) in [5.41, 5.74) is 2.09. The maximum absolute atomic E-state index is 12.0. The van der Waals surface area contributed by atoms with Gasteiger partial charge in [-0.2, -0.15) is 0 Å². The normalized spacial score (nSPS) is 13.5. The molecule has 0 aromatic heterocycles. The largest absolute Gasteiger partial charge is 0.378 e. The van der Waals surface area contributed by atoms with Crippen LogP contribution in [0.25, 0.3) is 0 Å². The third-order valence-electron chi connectivity index (χ3n) is 3.63. The molecule has 0 aliphatic carbocycles. The smallest absolute Gasteiger partial charge is 0.261 e. The van der Waals surface area contributed by atoms with Crippen LogP contribution in [0.3, 0.4) is 0 Å². The van der Waals surface area contributed by atoms with Crippen LogP contribution in [0, 0.1) is 0 Å². The summed E-state index contributed by atoms with van der Waals surface area (Å²) in [6, 6.07) is 13.6. The Balaban J connectivity index is 1.91. The summed E-state index contributed by atoms with van der Waals surface area (Å²) in [7, 11) is 5.51. The lowest BCUT2D eigenvalue weighted by Gasteiger charge is -2.13. The van der Waals surface area contributed by atoms with Crippen LogP contribution in [-0.4, -0.2) is 37.9 Å². The summed E-state index contributed by atoms with van der Waals surface area (Å²) >= 11 is 1.58. The van der Waals surface area contributed by atoms with Gasteiger partial charge in [0.15, 0.2) is 0 Å². The van der Waals surface area contributed by atoms with Crippen molar-refractivity contribution < 1.29 is 9.59 Å². The number of imide groups is 1. The number of nitrogens with zero attached hydrogens (tertiary/aromatic N) is 2. The van der Waals surface area contributed by atoms with E-state index < -0.39 is 0 Å². The predicted molar refractivity (Wildman–Crippen MR) is 87.8 cm³/mol. The van der Waals surface area contributed by atoms with Crippen molar-refractivity contribution >= 4 is 29.3 Å². The number of anilines is 1. The molecule has 112 valence electrons. The highest BCUT2D eigenvalue weighted by Gasteiger charge is 2.32. The first-order valence-electron chi connectivity index (χ1n) is 6.89. The highest BCUT2D eigenvalue weighted by atomic mass is 32.2. The van der Waals surface area contributed by atoms with Crippen molar-refractivity contribution in [3.63, 3.8) is 0 Å². The maximum atomic E-state index is 12.0. The van der Waals surface area contributed by atoms with Crippen LogP contribution in [0.2, 0.25) is 0 Å². The lowest BCUT2D eigenvalue weighted by molar-refractivity contribution is 0.0693. The molecule has 0 bridgehead atoms. The first-order valence-corrected chi connectivity index (χ1v) is 7.70. The minimum atomic E-state index is -0.232. The second kappa shape index (κ2) is 5.50. The fourth-order valence-electron chi connectivity index (χ4n) is 2.37. The standard InChI is InChI=1S/C17H16N2O2S/c1-18(2)11-5-4-6-12(9-11)22-13-7-8-14-15(10-13)17(21)19(3)16(14)20/h4-10H,1-3H3. The third kappa shape index (κ3) is 2.48. The van der Waals surface area contributed by atoms with E-state index in [1.54, 1.807) is 23.9 Å². The molecule has 0 atom stereocenters. The van der Waals surface area contributed by atoms with Crippen LogP contribution in [0.15, 0.2) is 52.3 Å². The molecule has 2 aromatic rings. The Labute approximate surface area is 133 Å². The summed E-state index contributed by atoms with van der Waals surface area (Å²) in [5.74, 6) is -0.462. The van der Waals surface area contributed by atoms with E-state index in [9.17, 15) is 9.59 Å². The lowest BCUT2D eigenvalue weighted by atomic mass is 10.1. The van der Waals surface area contributed by atoms with Crippen molar-refractivity contribution in [3.05, 3.63) is 53.6 Å². The first-order chi connectivity index (χ1) is 10.5. The van der Waals surface area contributed by atoms with Gasteiger partial charge in [0, 0.05) is 36.6 Å².